The maximum Gasteiger partial charge on any atom is 0.186 e. The monoisotopic (exact) mass is 505 g/mol. The Morgan fingerprint density at radius 3 is 2.42 bits per heavy atom. The number of para-hydroxylation sites is 1. The van der Waals surface area contributed by atoms with Crippen molar-refractivity contribution in [1.82, 2.24) is 9.80 Å². The molecule has 36 heavy (non-hydrogen) atoms. The molecule has 0 saturated carbocycles. The number of nitrogens with zero attached hydrogens (tertiary/aromatic N) is 2. The van der Waals surface area contributed by atoms with Gasteiger partial charge < -0.3 is 20.1 Å². The molecule has 1 heterocycles. The third-order valence-corrected chi connectivity index (χ3v) is 6.92. The summed E-state index contributed by atoms with van der Waals surface area (Å²) in [6.45, 7) is 6.79. The molecule has 0 spiro atoms. The predicted molar refractivity (Wildman–Crippen MR) is 144 cm³/mol. The first-order valence-electron chi connectivity index (χ1n) is 12.1. The van der Waals surface area contributed by atoms with Gasteiger partial charge in [0, 0.05) is 43.4 Å². The molecule has 1 fully saturated rings. The summed E-state index contributed by atoms with van der Waals surface area (Å²) in [5.41, 5.74) is 4.92. The third-order valence-electron chi connectivity index (χ3n) is 6.38. The number of piperazine rings is 1. The lowest BCUT2D eigenvalue weighted by Crippen LogP contribution is -2.46. The van der Waals surface area contributed by atoms with Crippen molar-refractivity contribution in [3.8, 4) is 5.75 Å². The van der Waals surface area contributed by atoms with Crippen LogP contribution < -0.4 is 5.32 Å². The number of phenolic OH excluding ortho intramolecular Hbond substituents is 1. The highest BCUT2D eigenvalue weighted by atomic mass is 35.5. The van der Waals surface area contributed by atoms with Crippen molar-refractivity contribution in [3.05, 3.63) is 106 Å². The van der Waals surface area contributed by atoms with Gasteiger partial charge in [0.2, 0.25) is 0 Å². The van der Waals surface area contributed by atoms with Crippen LogP contribution in [-0.4, -0.2) is 53.9 Å². The van der Waals surface area contributed by atoms with Crippen LogP contribution in [0.1, 0.15) is 16.7 Å². The lowest BCUT2D eigenvalue weighted by molar-refractivity contribution is -0.108. The molecule has 1 saturated heterocycles. The van der Waals surface area contributed by atoms with Crippen LogP contribution in [0.15, 0.2) is 84.3 Å². The number of hydrogen-bond donors (Lipinski definition) is 2. The largest absolute Gasteiger partial charge is 0.508 e. The summed E-state index contributed by atoms with van der Waals surface area (Å²) in [6.07, 6.45) is 0.793. The fourth-order valence-corrected chi connectivity index (χ4v) is 4.47. The Bertz CT molecular complexity index is 1170. The summed E-state index contributed by atoms with van der Waals surface area (Å²) in [7, 11) is 0. The van der Waals surface area contributed by atoms with E-state index in [1.54, 1.807) is 24.3 Å². The number of hydrogen-bond acceptors (Lipinski definition) is 6. The number of halogens is 1. The number of aromatic hydroxyl groups is 1. The number of allylic oxidation sites excluding steroid dienone is 1. The first-order valence-corrected chi connectivity index (χ1v) is 12.5. The number of carbonyl (C=O) groups excluding carboxylic acids is 1. The van der Waals surface area contributed by atoms with Crippen LogP contribution >= 0.6 is 11.6 Å². The summed E-state index contributed by atoms with van der Waals surface area (Å²) in [4.78, 5) is 16.8. The summed E-state index contributed by atoms with van der Waals surface area (Å²) < 4.78 is 5.99. The number of rotatable bonds is 10. The Morgan fingerprint density at radius 1 is 1.00 bits per heavy atom. The Morgan fingerprint density at radius 2 is 1.72 bits per heavy atom. The minimum atomic E-state index is 0.197. The van der Waals surface area contributed by atoms with Gasteiger partial charge in [0.1, 0.15) is 12.4 Å². The van der Waals surface area contributed by atoms with Crippen molar-refractivity contribution in [2.45, 2.75) is 20.1 Å². The number of anilines is 1. The highest BCUT2D eigenvalue weighted by Gasteiger charge is 2.23. The van der Waals surface area contributed by atoms with Gasteiger partial charge in [0.15, 0.2) is 12.0 Å². The molecule has 1 aliphatic rings. The molecule has 0 aliphatic carbocycles. The molecular formula is C29H32ClN3O3. The Labute approximate surface area is 217 Å². The molecule has 6 nitrogen and oxygen atoms in total. The zero-order valence-corrected chi connectivity index (χ0v) is 21.2. The van der Waals surface area contributed by atoms with Gasteiger partial charge in [-0.05, 0) is 47.9 Å². The first-order chi connectivity index (χ1) is 17.5. The predicted octanol–water partition coefficient (Wildman–Crippen LogP) is 5.21. The van der Waals surface area contributed by atoms with E-state index in [1.165, 1.54) is 0 Å². The molecule has 0 atom stereocenters. The topological polar surface area (TPSA) is 65.0 Å². The second-order valence-electron chi connectivity index (χ2n) is 8.91. The molecule has 3 aromatic carbocycles. The second-order valence-corrected chi connectivity index (χ2v) is 9.29. The molecule has 0 unspecified atom stereocenters. The van der Waals surface area contributed by atoms with E-state index >= 15 is 0 Å². The van der Waals surface area contributed by atoms with Crippen molar-refractivity contribution in [3.63, 3.8) is 0 Å². The molecule has 1 aliphatic heterocycles. The molecule has 0 amide bonds. The SMILES string of the molecule is Cc1cccc(CN2CCN(/C(CNc3ccccc3)=C(/C=O)OCc3ccc(O)cc3)CC2)c1Cl. The number of phenols is 1. The highest BCUT2D eigenvalue weighted by Crippen LogP contribution is 2.23. The minimum Gasteiger partial charge on any atom is -0.508 e. The zero-order valence-electron chi connectivity index (χ0n) is 20.5. The van der Waals surface area contributed by atoms with Gasteiger partial charge in [-0.2, -0.15) is 0 Å². The fraction of sp³-hybridized carbons (Fsp3) is 0.276. The van der Waals surface area contributed by atoms with Crippen LogP contribution in [0.3, 0.4) is 0 Å². The number of aryl methyl sites for hydroxylation is 1. The van der Waals surface area contributed by atoms with E-state index in [9.17, 15) is 9.90 Å². The van der Waals surface area contributed by atoms with Crippen molar-refractivity contribution in [2.24, 2.45) is 0 Å². The maximum atomic E-state index is 12.1. The number of carbonyl (C=O) groups is 1. The van der Waals surface area contributed by atoms with Gasteiger partial charge in [-0.1, -0.05) is 60.1 Å². The van der Waals surface area contributed by atoms with E-state index in [0.29, 0.717) is 12.3 Å². The lowest BCUT2D eigenvalue weighted by atomic mass is 10.1. The molecule has 3 aromatic rings. The summed E-state index contributed by atoms with van der Waals surface area (Å²) in [5, 5.41) is 13.8. The summed E-state index contributed by atoms with van der Waals surface area (Å²) in [5.74, 6) is 0.518. The average Bonchev–Trinajstić information content (AvgIpc) is 2.91. The molecule has 0 bridgehead atoms. The van der Waals surface area contributed by atoms with Gasteiger partial charge in [-0.3, -0.25) is 9.69 Å². The van der Waals surface area contributed by atoms with E-state index in [1.807, 2.05) is 49.4 Å². The van der Waals surface area contributed by atoms with Gasteiger partial charge in [0.05, 0.1) is 12.2 Å². The van der Waals surface area contributed by atoms with Crippen LogP contribution in [-0.2, 0) is 22.7 Å². The van der Waals surface area contributed by atoms with E-state index in [0.717, 1.165) is 72.1 Å². The molecular weight excluding hydrogens is 474 g/mol. The van der Waals surface area contributed by atoms with E-state index in [-0.39, 0.29) is 12.4 Å². The number of aldehydes is 1. The molecule has 7 heteroatoms. The number of nitrogens with one attached hydrogen (secondary N) is 1. The molecule has 0 radical (unpaired) electrons. The van der Waals surface area contributed by atoms with Crippen LogP contribution in [0.2, 0.25) is 5.02 Å². The van der Waals surface area contributed by atoms with Crippen molar-refractivity contribution in [2.75, 3.05) is 38.0 Å². The van der Waals surface area contributed by atoms with Crippen molar-refractivity contribution in [1.29, 1.82) is 0 Å². The van der Waals surface area contributed by atoms with Gasteiger partial charge >= 0.3 is 0 Å². The zero-order chi connectivity index (χ0) is 25.3. The Kier molecular flexibility index (Phi) is 8.87. The van der Waals surface area contributed by atoms with Crippen LogP contribution in [0.5, 0.6) is 5.75 Å². The quantitative estimate of drug-likeness (QED) is 0.224. The van der Waals surface area contributed by atoms with E-state index < -0.39 is 0 Å². The van der Waals surface area contributed by atoms with Crippen LogP contribution in [0.4, 0.5) is 5.69 Å². The van der Waals surface area contributed by atoms with Gasteiger partial charge in [-0.15, -0.1) is 0 Å². The van der Waals surface area contributed by atoms with Crippen molar-refractivity contribution >= 4 is 23.6 Å². The normalized spacial score (nSPS) is 14.8. The molecule has 188 valence electrons. The molecule has 0 aromatic heterocycles. The first kappa shape index (κ1) is 25.6. The number of ether oxygens (including phenoxy) is 1. The molecule has 2 N–H and O–H groups in total. The Balaban J connectivity index is 1.47. The van der Waals surface area contributed by atoms with Gasteiger partial charge in [0.25, 0.3) is 0 Å². The van der Waals surface area contributed by atoms with E-state index in [2.05, 4.69) is 21.2 Å². The smallest absolute Gasteiger partial charge is 0.186 e. The summed E-state index contributed by atoms with van der Waals surface area (Å²) >= 11 is 6.52. The van der Waals surface area contributed by atoms with Gasteiger partial charge in [-0.25, -0.2) is 0 Å². The third kappa shape index (κ3) is 6.80. The maximum absolute atomic E-state index is 12.1. The lowest BCUT2D eigenvalue weighted by Gasteiger charge is -2.38. The second kappa shape index (κ2) is 12.5. The standard InChI is InChI=1S/C29H32ClN3O3/c1-22-6-5-7-24(29(22)30)19-32-14-16-33(17-15-32)27(18-31-25-8-3-2-4-9-25)28(20-34)36-21-23-10-12-26(35)13-11-23/h2-13,20,31,35H,14-19,21H2,1H3/b28-27-. The Hall–Kier alpha value is -3.48. The highest BCUT2D eigenvalue weighted by molar-refractivity contribution is 6.32. The van der Waals surface area contributed by atoms with Crippen LogP contribution in [0, 0.1) is 6.92 Å². The number of benzene rings is 3. The summed E-state index contributed by atoms with van der Waals surface area (Å²) in [6, 6.07) is 22.9. The fourth-order valence-electron chi connectivity index (χ4n) is 4.28. The molecule has 4 rings (SSSR count). The van der Waals surface area contributed by atoms with Crippen LogP contribution in [0.25, 0.3) is 0 Å². The van der Waals surface area contributed by atoms with Crippen molar-refractivity contribution < 1.29 is 14.6 Å². The average molecular weight is 506 g/mol. The minimum absolute atomic E-state index is 0.197. The van der Waals surface area contributed by atoms with E-state index in [4.69, 9.17) is 16.3 Å².